The summed E-state index contributed by atoms with van der Waals surface area (Å²) < 4.78 is 12.0. The molecule has 0 amide bonds. The highest BCUT2D eigenvalue weighted by molar-refractivity contribution is 5.86. The summed E-state index contributed by atoms with van der Waals surface area (Å²) >= 11 is 0. The van der Waals surface area contributed by atoms with Crippen LogP contribution in [0.25, 0.3) is 11.0 Å². The molecule has 1 aliphatic heterocycles. The molecule has 4 heteroatoms. The Hall–Kier alpha value is -1.81. The molecule has 21 heavy (non-hydrogen) atoms. The molecule has 1 atom stereocenters. The maximum atomic E-state index is 11.3. The van der Waals surface area contributed by atoms with Gasteiger partial charge in [-0.15, -0.1) is 0 Å². The molecule has 0 fully saturated rings. The van der Waals surface area contributed by atoms with E-state index >= 15 is 0 Å². The first-order valence-corrected chi connectivity index (χ1v) is 7.50. The number of hydrogen-bond acceptors (Lipinski definition) is 3. The van der Waals surface area contributed by atoms with E-state index in [1.165, 1.54) is 0 Å². The Bertz CT molecular complexity index is 685. The SMILES string of the molecule is CCc1cccc2c3c(oc12)C(CC)(CC(=O)O)OCC3. The van der Waals surface area contributed by atoms with Crippen LogP contribution in [-0.2, 0) is 28.0 Å². The van der Waals surface area contributed by atoms with Crippen molar-refractivity contribution in [1.82, 2.24) is 0 Å². The predicted molar refractivity (Wildman–Crippen MR) is 79.5 cm³/mol. The van der Waals surface area contributed by atoms with Gasteiger partial charge in [-0.2, -0.15) is 0 Å². The number of furan rings is 1. The van der Waals surface area contributed by atoms with Crippen molar-refractivity contribution in [2.45, 2.75) is 45.1 Å². The summed E-state index contributed by atoms with van der Waals surface area (Å²) in [6.45, 7) is 4.59. The number of benzene rings is 1. The zero-order chi connectivity index (χ0) is 15.0. The Balaban J connectivity index is 2.24. The van der Waals surface area contributed by atoms with E-state index in [1.54, 1.807) is 0 Å². The largest absolute Gasteiger partial charge is 0.481 e. The Kier molecular flexibility index (Phi) is 3.49. The fourth-order valence-corrected chi connectivity index (χ4v) is 3.30. The molecule has 1 aromatic heterocycles. The molecule has 0 bridgehead atoms. The molecule has 0 radical (unpaired) electrons. The normalized spacial score (nSPS) is 21.4. The smallest absolute Gasteiger partial charge is 0.306 e. The second-order valence-electron chi connectivity index (χ2n) is 5.57. The molecular weight excluding hydrogens is 268 g/mol. The van der Waals surface area contributed by atoms with Crippen LogP contribution in [0.15, 0.2) is 22.6 Å². The van der Waals surface area contributed by atoms with Gasteiger partial charge >= 0.3 is 5.97 Å². The Morgan fingerprint density at radius 1 is 1.38 bits per heavy atom. The van der Waals surface area contributed by atoms with Crippen LogP contribution >= 0.6 is 0 Å². The molecule has 1 aliphatic rings. The van der Waals surface area contributed by atoms with Gasteiger partial charge in [-0.3, -0.25) is 4.79 Å². The molecule has 112 valence electrons. The number of aryl methyl sites for hydroxylation is 1. The summed E-state index contributed by atoms with van der Waals surface area (Å²) in [6.07, 6.45) is 2.20. The van der Waals surface area contributed by atoms with Crippen molar-refractivity contribution in [2.75, 3.05) is 6.61 Å². The van der Waals surface area contributed by atoms with E-state index < -0.39 is 11.6 Å². The first kappa shape index (κ1) is 14.1. The number of aliphatic carboxylic acids is 1. The fraction of sp³-hybridized carbons (Fsp3) is 0.471. The maximum Gasteiger partial charge on any atom is 0.306 e. The summed E-state index contributed by atoms with van der Waals surface area (Å²) in [6, 6.07) is 6.16. The van der Waals surface area contributed by atoms with E-state index in [1.807, 2.05) is 13.0 Å². The highest BCUT2D eigenvalue weighted by Gasteiger charge is 2.42. The molecule has 2 aromatic rings. The summed E-state index contributed by atoms with van der Waals surface area (Å²) in [4.78, 5) is 11.3. The fourth-order valence-electron chi connectivity index (χ4n) is 3.30. The van der Waals surface area contributed by atoms with Crippen LogP contribution < -0.4 is 0 Å². The van der Waals surface area contributed by atoms with Gasteiger partial charge in [0.25, 0.3) is 0 Å². The lowest BCUT2D eigenvalue weighted by molar-refractivity contribution is -0.150. The monoisotopic (exact) mass is 288 g/mol. The zero-order valence-electron chi connectivity index (χ0n) is 12.4. The van der Waals surface area contributed by atoms with Gasteiger partial charge in [0.05, 0.1) is 13.0 Å². The van der Waals surface area contributed by atoms with Gasteiger partial charge in [-0.25, -0.2) is 0 Å². The minimum Gasteiger partial charge on any atom is -0.481 e. The number of carbonyl (C=O) groups is 1. The number of hydrogen-bond donors (Lipinski definition) is 1. The van der Waals surface area contributed by atoms with E-state index in [-0.39, 0.29) is 6.42 Å². The van der Waals surface area contributed by atoms with Gasteiger partial charge in [-0.1, -0.05) is 32.0 Å². The molecule has 1 unspecified atom stereocenters. The first-order chi connectivity index (χ1) is 10.1. The van der Waals surface area contributed by atoms with Crippen LogP contribution in [0.2, 0.25) is 0 Å². The average Bonchev–Trinajstić information content (AvgIpc) is 2.87. The van der Waals surface area contributed by atoms with Gasteiger partial charge in [-0.05, 0) is 24.8 Å². The number of ether oxygens (including phenoxy) is 1. The van der Waals surface area contributed by atoms with Crippen molar-refractivity contribution in [2.24, 2.45) is 0 Å². The Labute approximate surface area is 123 Å². The average molecular weight is 288 g/mol. The van der Waals surface area contributed by atoms with E-state index in [0.29, 0.717) is 13.0 Å². The van der Waals surface area contributed by atoms with Crippen LogP contribution in [0.3, 0.4) is 0 Å². The molecule has 0 saturated carbocycles. The van der Waals surface area contributed by atoms with Crippen LogP contribution in [0, 0.1) is 0 Å². The van der Waals surface area contributed by atoms with Crippen LogP contribution in [0.4, 0.5) is 0 Å². The van der Waals surface area contributed by atoms with Crippen molar-refractivity contribution in [3.63, 3.8) is 0 Å². The molecule has 0 spiro atoms. The number of fused-ring (bicyclic) bond motifs is 3. The lowest BCUT2D eigenvalue weighted by Gasteiger charge is -2.34. The summed E-state index contributed by atoms with van der Waals surface area (Å²) in [5.74, 6) is -0.143. The molecule has 0 aliphatic carbocycles. The third-order valence-corrected chi connectivity index (χ3v) is 4.43. The molecule has 0 saturated heterocycles. The van der Waals surface area contributed by atoms with Gasteiger partial charge in [0, 0.05) is 10.9 Å². The molecule has 3 rings (SSSR count). The molecule has 1 N–H and O–H groups in total. The van der Waals surface area contributed by atoms with E-state index in [2.05, 4.69) is 19.1 Å². The van der Waals surface area contributed by atoms with Crippen LogP contribution in [0.5, 0.6) is 0 Å². The van der Waals surface area contributed by atoms with Gasteiger partial charge < -0.3 is 14.3 Å². The predicted octanol–water partition coefficient (Wildman–Crippen LogP) is 3.65. The van der Waals surface area contributed by atoms with Crippen molar-refractivity contribution in [3.8, 4) is 0 Å². The van der Waals surface area contributed by atoms with Gasteiger partial charge in [0.1, 0.15) is 16.9 Å². The van der Waals surface area contributed by atoms with Crippen molar-refractivity contribution < 1.29 is 19.1 Å². The molecule has 4 nitrogen and oxygen atoms in total. The quantitative estimate of drug-likeness (QED) is 0.933. The van der Waals surface area contributed by atoms with Crippen LogP contribution in [0.1, 0.15) is 43.6 Å². The van der Waals surface area contributed by atoms with Gasteiger partial charge in [0.15, 0.2) is 0 Å². The second-order valence-corrected chi connectivity index (χ2v) is 5.57. The third-order valence-electron chi connectivity index (χ3n) is 4.43. The van der Waals surface area contributed by atoms with Gasteiger partial charge in [0.2, 0.25) is 0 Å². The summed E-state index contributed by atoms with van der Waals surface area (Å²) in [5.41, 5.74) is 2.33. The van der Waals surface area contributed by atoms with Crippen molar-refractivity contribution in [1.29, 1.82) is 0 Å². The third kappa shape index (κ3) is 2.14. The highest BCUT2D eigenvalue weighted by atomic mass is 16.5. The maximum absolute atomic E-state index is 11.3. The first-order valence-electron chi connectivity index (χ1n) is 7.50. The lowest BCUT2D eigenvalue weighted by Crippen LogP contribution is -2.36. The second kappa shape index (κ2) is 5.19. The topological polar surface area (TPSA) is 59.7 Å². The molecule has 2 heterocycles. The zero-order valence-corrected chi connectivity index (χ0v) is 12.4. The van der Waals surface area contributed by atoms with Crippen LogP contribution in [-0.4, -0.2) is 17.7 Å². The molecular formula is C17H20O4. The van der Waals surface area contributed by atoms with E-state index in [4.69, 9.17) is 9.15 Å². The number of rotatable bonds is 4. The standard InChI is InChI=1S/C17H20O4/c1-3-11-6-5-7-12-13-8-9-20-17(4-2,10-14(18)19)16(13)21-15(11)12/h5-7H,3-4,8-10H2,1-2H3,(H,18,19). The minimum absolute atomic E-state index is 0.0578. The Morgan fingerprint density at radius 3 is 2.86 bits per heavy atom. The highest BCUT2D eigenvalue weighted by Crippen LogP contribution is 2.44. The van der Waals surface area contributed by atoms with Crippen molar-refractivity contribution >= 4 is 16.9 Å². The van der Waals surface area contributed by atoms with E-state index in [9.17, 15) is 9.90 Å². The number of para-hydroxylation sites is 1. The lowest BCUT2D eigenvalue weighted by atomic mass is 9.87. The number of carboxylic acid groups (broad SMARTS) is 1. The number of carboxylic acids is 1. The summed E-state index contributed by atoms with van der Waals surface area (Å²) in [7, 11) is 0. The minimum atomic E-state index is -0.860. The summed E-state index contributed by atoms with van der Waals surface area (Å²) in [5, 5.41) is 10.3. The Morgan fingerprint density at radius 2 is 2.19 bits per heavy atom. The van der Waals surface area contributed by atoms with Crippen molar-refractivity contribution in [3.05, 3.63) is 35.1 Å². The molecule has 1 aromatic carbocycles. The van der Waals surface area contributed by atoms with E-state index in [0.717, 1.165) is 40.7 Å².